The molecule has 0 bridgehead atoms. The number of aliphatic hydroxyl groups excluding tert-OH is 1. The van der Waals surface area contributed by atoms with Crippen LogP contribution in [0, 0.1) is 11.8 Å². The lowest BCUT2D eigenvalue weighted by Gasteiger charge is -2.38. The van der Waals surface area contributed by atoms with Crippen molar-refractivity contribution in [3.8, 4) is 0 Å². The third-order valence-electron chi connectivity index (χ3n) is 10.2. The van der Waals surface area contributed by atoms with Crippen LogP contribution in [-0.4, -0.2) is 96.4 Å². The zero-order valence-corrected chi connectivity index (χ0v) is 28.4. The molecular weight excluding hydrogens is 624 g/mol. The Bertz CT molecular complexity index is 1590. The first-order valence-electron chi connectivity index (χ1n) is 17.3. The van der Waals surface area contributed by atoms with Gasteiger partial charge in [-0.3, -0.25) is 19.2 Å². The topological polar surface area (TPSA) is 129 Å². The fourth-order valence-electron chi connectivity index (χ4n) is 7.80. The smallest absolute Gasteiger partial charge is 0.313 e. The SMILES string of the molecule is CCN(CC)c1ccc(N2CC=C[C@@]34O[C@H]5/C=C\CCC(=O)NC[C@H](C)OC(=O)[C@H]5[C@@H]3C(=O)N([C@@H](CO)Cc3ccccc3)[C@H]4C2=O)cc1. The number of benzene rings is 2. The number of ether oxygens (including phenoxy) is 2. The Morgan fingerprint density at radius 3 is 2.43 bits per heavy atom. The van der Waals surface area contributed by atoms with E-state index >= 15 is 0 Å². The van der Waals surface area contributed by atoms with Crippen LogP contribution < -0.4 is 15.1 Å². The maximum absolute atomic E-state index is 15.0. The molecule has 2 aromatic rings. The molecule has 4 aliphatic heterocycles. The highest BCUT2D eigenvalue weighted by atomic mass is 16.6. The van der Waals surface area contributed by atoms with Crippen LogP contribution in [0.1, 0.15) is 39.2 Å². The van der Waals surface area contributed by atoms with E-state index in [0.29, 0.717) is 18.5 Å². The highest BCUT2D eigenvalue weighted by molar-refractivity contribution is 6.05. The molecule has 7 atom stereocenters. The summed E-state index contributed by atoms with van der Waals surface area (Å²) in [6, 6.07) is 15.3. The number of esters is 1. The largest absolute Gasteiger partial charge is 0.460 e. The van der Waals surface area contributed by atoms with Crippen LogP contribution in [0.15, 0.2) is 78.9 Å². The number of cyclic esters (lactones) is 1. The Morgan fingerprint density at radius 2 is 1.73 bits per heavy atom. The van der Waals surface area contributed by atoms with Crippen LogP contribution in [-0.2, 0) is 35.1 Å². The number of rotatable bonds is 8. The number of carbonyl (C=O) groups is 4. The Morgan fingerprint density at radius 1 is 1.00 bits per heavy atom. The van der Waals surface area contributed by atoms with Crippen LogP contribution in [0.5, 0.6) is 0 Å². The highest BCUT2D eigenvalue weighted by Crippen LogP contribution is 2.54. The molecule has 0 unspecified atom stereocenters. The van der Waals surface area contributed by atoms with Gasteiger partial charge in [-0.05, 0) is 63.4 Å². The van der Waals surface area contributed by atoms with Gasteiger partial charge in [-0.15, -0.1) is 0 Å². The van der Waals surface area contributed by atoms with Gasteiger partial charge in [-0.1, -0.05) is 54.6 Å². The molecule has 6 rings (SSSR count). The lowest BCUT2D eigenvalue weighted by atomic mass is 9.78. The number of carbonyl (C=O) groups excluding carboxylic acids is 4. The highest BCUT2D eigenvalue weighted by Gasteiger charge is 2.72. The van der Waals surface area contributed by atoms with Gasteiger partial charge in [0.05, 0.1) is 31.2 Å². The molecule has 0 aliphatic carbocycles. The van der Waals surface area contributed by atoms with E-state index in [2.05, 4.69) is 24.1 Å². The van der Waals surface area contributed by atoms with Gasteiger partial charge >= 0.3 is 5.97 Å². The van der Waals surface area contributed by atoms with Crippen molar-refractivity contribution >= 4 is 35.1 Å². The van der Waals surface area contributed by atoms with Crippen molar-refractivity contribution in [2.45, 2.75) is 69.9 Å². The Balaban J connectivity index is 1.44. The maximum Gasteiger partial charge on any atom is 0.313 e. The van der Waals surface area contributed by atoms with Crippen LogP contribution in [0.4, 0.5) is 11.4 Å². The predicted octanol–water partition coefficient (Wildman–Crippen LogP) is 3.02. The standard InChI is InChI=1S/C38H46N4O7/c1-4-40(5-2)27-16-18-28(19-17-27)41-21-11-20-38-33(32-30(49-38)14-9-10-15-31(44)39-23-25(3)48-37(32)47)35(45)42(34(38)36(41)46)29(24-43)22-26-12-7-6-8-13-26/h6-9,11-14,16-20,25,29-30,32-34,43H,4-5,10,15,21-24H2,1-3H3,(H,39,44)/b14-9-/t25-,29+,30-,32+,33+,34-,38+/m0/s1. The minimum absolute atomic E-state index is 0.134. The molecule has 260 valence electrons. The van der Waals surface area contributed by atoms with Gasteiger partial charge in [0.1, 0.15) is 23.7 Å². The van der Waals surface area contributed by atoms with Gasteiger partial charge < -0.3 is 34.6 Å². The monoisotopic (exact) mass is 670 g/mol. The molecule has 2 fully saturated rings. The van der Waals surface area contributed by atoms with Gasteiger partial charge in [0, 0.05) is 37.4 Å². The third kappa shape index (κ3) is 6.49. The molecule has 2 N–H and O–H groups in total. The average Bonchev–Trinajstić information content (AvgIpc) is 3.50. The Kier molecular flexibility index (Phi) is 10.2. The number of aliphatic hydroxyl groups is 1. The molecule has 1 spiro atoms. The van der Waals surface area contributed by atoms with Crippen molar-refractivity contribution in [2.75, 3.05) is 42.6 Å². The van der Waals surface area contributed by atoms with Crippen molar-refractivity contribution in [1.82, 2.24) is 10.2 Å². The molecular formula is C38H46N4O7. The van der Waals surface area contributed by atoms with Crippen molar-refractivity contribution in [3.63, 3.8) is 0 Å². The van der Waals surface area contributed by atoms with Gasteiger partial charge in [-0.25, -0.2) is 0 Å². The van der Waals surface area contributed by atoms with Crippen LogP contribution in [0.3, 0.4) is 0 Å². The molecule has 0 aromatic heterocycles. The van der Waals surface area contributed by atoms with E-state index in [1.54, 1.807) is 30.1 Å². The molecule has 49 heavy (non-hydrogen) atoms. The van der Waals surface area contributed by atoms with E-state index in [0.717, 1.165) is 24.3 Å². The number of nitrogens with one attached hydrogen (secondary N) is 1. The quantitative estimate of drug-likeness (QED) is 0.324. The minimum Gasteiger partial charge on any atom is -0.460 e. The van der Waals surface area contributed by atoms with E-state index in [1.165, 1.54) is 4.90 Å². The van der Waals surface area contributed by atoms with E-state index in [-0.39, 0.29) is 31.3 Å². The number of hydrogen-bond donors (Lipinski definition) is 2. The zero-order chi connectivity index (χ0) is 34.7. The maximum atomic E-state index is 15.0. The van der Waals surface area contributed by atoms with Gasteiger partial charge in [-0.2, -0.15) is 0 Å². The number of nitrogens with zero attached hydrogens (tertiary/aromatic N) is 3. The molecule has 2 saturated heterocycles. The van der Waals surface area contributed by atoms with E-state index in [1.807, 2.05) is 60.7 Å². The number of allylic oxidation sites excluding steroid dienone is 1. The van der Waals surface area contributed by atoms with Crippen molar-refractivity contribution in [1.29, 1.82) is 0 Å². The lowest BCUT2D eigenvalue weighted by molar-refractivity contribution is -0.159. The summed E-state index contributed by atoms with van der Waals surface area (Å²) in [5.74, 6) is -3.73. The molecule has 3 amide bonds. The van der Waals surface area contributed by atoms with E-state index in [4.69, 9.17) is 9.47 Å². The number of anilines is 2. The first kappa shape index (κ1) is 34.4. The number of fused-ring (bicyclic) bond motifs is 2. The molecule has 2 aromatic carbocycles. The summed E-state index contributed by atoms with van der Waals surface area (Å²) in [6.45, 7) is 7.52. The van der Waals surface area contributed by atoms with Crippen LogP contribution in [0.25, 0.3) is 0 Å². The normalized spacial score (nSPS) is 29.8. The fraction of sp³-hybridized carbons (Fsp3) is 0.474. The molecule has 0 radical (unpaired) electrons. The van der Waals surface area contributed by atoms with Crippen LogP contribution >= 0.6 is 0 Å². The summed E-state index contributed by atoms with van der Waals surface area (Å²) in [5, 5.41) is 13.6. The molecule has 0 saturated carbocycles. The average molecular weight is 671 g/mol. The molecule has 4 aliphatic rings. The number of amides is 3. The second kappa shape index (κ2) is 14.6. The second-order valence-electron chi connectivity index (χ2n) is 13.2. The Hall–Kier alpha value is -4.48. The minimum atomic E-state index is -1.51. The van der Waals surface area contributed by atoms with Crippen molar-refractivity contribution < 1.29 is 33.8 Å². The molecule has 11 heteroatoms. The molecule has 4 heterocycles. The Labute approximate surface area is 287 Å². The second-order valence-corrected chi connectivity index (χ2v) is 13.2. The summed E-state index contributed by atoms with van der Waals surface area (Å²) >= 11 is 0. The zero-order valence-electron chi connectivity index (χ0n) is 28.4. The summed E-state index contributed by atoms with van der Waals surface area (Å²) in [5.41, 5.74) is 1.08. The first-order valence-corrected chi connectivity index (χ1v) is 17.3. The third-order valence-corrected chi connectivity index (χ3v) is 10.2. The van der Waals surface area contributed by atoms with E-state index < -0.39 is 60.2 Å². The van der Waals surface area contributed by atoms with Crippen molar-refractivity contribution in [3.05, 3.63) is 84.5 Å². The fourth-order valence-corrected chi connectivity index (χ4v) is 7.80. The van der Waals surface area contributed by atoms with E-state index in [9.17, 15) is 24.3 Å². The summed E-state index contributed by atoms with van der Waals surface area (Å²) in [7, 11) is 0. The van der Waals surface area contributed by atoms with Crippen LogP contribution in [0.2, 0.25) is 0 Å². The predicted molar refractivity (Wildman–Crippen MR) is 185 cm³/mol. The van der Waals surface area contributed by atoms with Gasteiger partial charge in [0.25, 0.3) is 5.91 Å². The lowest BCUT2D eigenvalue weighted by Crippen LogP contribution is -2.58. The number of likely N-dealkylation sites (tertiary alicyclic amines) is 1. The summed E-state index contributed by atoms with van der Waals surface area (Å²) in [4.78, 5) is 61.4. The number of hydrogen-bond acceptors (Lipinski definition) is 8. The van der Waals surface area contributed by atoms with Crippen molar-refractivity contribution in [2.24, 2.45) is 11.8 Å². The van der Waals surface area contributed by atoms with Gasteiger partial charge in [0.2, 0.25) is 11.8 Å². The summed E-state index contributed by atoms with van der Waals surface area (Å²) in [6.07, 6.45) is 6.54. The molecule has 11 nitrogen and oxygen atoms in total. The summed E-state index contributed by atoms with van der Waals surface area (Å²) < 4.78 is 12.6. The first-order chi connectivity index (χ1) is 23.7. The van der Waals surface area contributed by atoms with Gasteiger partial charge in [0.15, 0.2) is 0 Å².